The molecular weight excluding hydrogens is 338 g/mol. The highest BCUT2D eigenvalue weighted by Gasteiger charge is 2.10. The fourth-order valence-electron chi connectivity index (χ4n) is 2.94. The van der Waals surface area contributed by atoms with Crippen LogP contribution in [0.3, 0.4) is 0 Å². The van der Waals surface area contributed by atoms with Crippen molar-refractivity contribution in [1.82, 2.24) is 24.9 Å². The molecule has 0 fully saturated rings. The van der Waals surface area contributed by atoms with Crippen LogP contribution in [0, 0.1) is 5.92 Å². The summed E-state index contributed by atoms with van der Waals surface area (Å²) >= 11 is 0. The molecule has 0 aliphatic rings. The van der Waals surface area contributed by atoms with Gasteiger partial charge in [-0.3, -0.25) is 9.67 Å². The lowest BCUT2D eigenvalue weighted by atomic mass is 10.0. The number of benzene rings is 1. The first kappa shape index (κ1) is 17.1. The topological polar surface area (TPSA) is 69.6 Å². The molecule has 0 saturated carbocycles. The average molecular weight is 359 g/mol. The van der Waals surface area contributed by atoms with Gasteiger partial charge in [0.2, 0.25) is 5.89 Å². The van der Waals surface area contributed by atoms with Crippen molar-refractivity contribution in [2.45, 2.75) is 26.8 Å². The molecule has 6 heteroatoms. The molecule has 3 aromatic heterocycles. The van der Waals surface area contributed by atoms with Crippen molar-refractivity contribution in [3.8, 4) is 22.4 Å². The molecule has 0 amide bonds. The van der Waals surface area contributed by atoms with Crippen LogP contribution in [0.4, 0.5) is 0 Å². The maximum Gasteiger partial charge on any atom is 0.226 e. The van der Waals surface area contributed by atoms with E-state index in [1.54, 1.807) is 12.4 Å². The van der Waals surface area contributed by atoms with Gasteiger partial charge in [0, 0.05) is 30.6 Å². The summed E-state index contributed by atoms with van der Waals surface area (Å²) in [4.78, 5) is 8.51. The van der Waals surface area contributed by atoms with Crippen LogP contribution in [0.5, 0.6) is 0 Å². The lowest BCUT2D eigenvalue weighted by Crippen LogP contribution is -2.02. The van der Waals surface area contributed by atoms with E-state index < -0.39 is 0 Å². The van der Waals surface area contributed by atoms with Gasteiger partial charge in [-0.1, -0.05) is 37.2 Å². The third-order valence-electron chi connectivity index (χ3n) is 4.21. The molecule has 0 aliphatic carbocycles. The quantitative estimate of drug-likeness (QED) is 0.515. The molecular formula is C21H21N5O. The average Bonchev–Trinajstić information content (AvgIpc) is 3.32. The van der Waals surface area contributed by atoms with Crippen molar-refractivity contribution in [3.05, 3.63) is 72.8 Å². The van der Waals surface area contributed by atoms with Gasteiger partial charge < -0.3 is 4.52 Å². The van der Waals surface area contributed by atoms with E-state index in [4.69, 9.17) is 4.52 Å². The summed E-state index contributed by atoms with van der Waals surface area (Å²) in [5.74, 6) is 1.81. The lowest BCUT2D eigenvalue weighted by Gasteiger charge is -2.03. The Hall–Kier alpha value is -3.28. The largest absolute Gasteiger partial charge is 0.339 e. The van der Waals surface area contributed by atoms with Gasteiger partial charge >= 0.3 is 0 Å². The number of hydrogen-bond acceptors (Lipinski definition) is 5. The SMILES string of the molecule is CC(C)Cc1nc(Cn2ccc(-c3cccc(-c4ccncc4)c3)n2)no1. The molecule has 0 N–H and O–H groups in total. The summed E-state index contributed by atoms with van der Waals surface area (Å²) in [6.07, 6.45) is 6.33. The molecule has 1 aromatic carbocycles. The van der Waals surface area contributed by atoms with Crippen molar-refractivity contribution < 1.29 is 4.52 Å². The predicted octanol–water partition coefficient (Wildman–Crippen LogP) is 4.24. The van der Waals surface area contributed by atoms with E-state index in [0.717, 1.165) is 28.8 Å². The highest BCUT2D eigenvalue weighted by Crippen LogP contribution is 2.25. The van der Waals surface area contributed by atoms with Gasteiger partial charge in [-0.25, -0.2) is 0 Å². The minimum absolute atomic E-state index is 0.488. The second kappa shape index (κ2) is 7.53. The molecule has 0 spiro atoms. The van der Waals surface area contributed by atoms with Gasteiger partial charge in [-0.15, -0.1) is 0 Å². The van der Waals surface area contributed by atoms with Gasteiger partial charge in [0.15, 0.2) is 5.82 Å². The maximum absolute atomic E-state index is 5.30. The Morgan fingerprint density at radius 3 is 2.63 bits per heavy atom. The molecule has 0 bridgehead atoms. The molecule has 4 aromatic rings. The van der Waals surface area contributed by atoms with Gasteiger partial charge in [0.25, 0.3) is 0 Å². The molecule has 27 heavy (non-hydrogen) atoms. The number of pyridine rings is 1. The Balaban J connectivity index is 1.52. The fraction of sp³-hybridized carbons (Fsp3) is 0.238. The molecule has 0 aliphatic heterocycles. The van der Waals surface area contributed by atoms with Crippen molar-refractivity contribution in [2.24, 2.45) is 5.92 Å². The van der Waals surface area contributed by atoms with Gasteiger partial charge in [0.1, 0.15) is 6.54 Å². The monoisotopic (exact) mass is 359 g/mol. The van der Waals surface area contributed by atoms with Crippen LogP contribution in [0.1, 0.15) is 25.6 Å². The Kier molecular flexibility index (Phi) is 4.78. The van der Waals surface area contributed by atoms with E-state index in [1.807, 2.05) is 35.1 Å². The first-order valence-electron chi connectivity index (χ1n) is 9.03. The van der Waals surface area contributed by atoms with Crippen LogP contribution >= 0.6 is 0 Å². The first-order valence-corrected chi connectivity index (χ1v) is 9.03. The van der Waals surface area contributed by atoms with Gasteiger partial charge in [-0.05, 0) is 41.3 Å². The number of hydrogen-bond donors (Lipinski definition) is 0. The second-order valence-electron chi connectivity index (χ2n) is 6.92. The summed E-state index contributed by atoms with van der Waals surface area (Å²) in [5, 5.41) is 8.71. The lowest BCUT2D eigenvalue weighted by molar-refractivity contribution is 0.357. The van der Waals surface area contributed by atoms with E-state index >= 15 is 0 Å². The van der Waals surface area contributed by atoms with Gasteiger partial charge in [0.05, 0.1) is 5.69 Å². The Bertz CT molecular complexity index is 1020. The van der Waals surface area contributed by atoms with Crippen LogP contribution < -0.4 is 0 Å². The van der Waals surface area contributed by atoms with E-state index in [-0.39, 0.29) is 0 Å². The van der Waals surface area contributed by atoms with Crippen molar-refractivity contribution in [2.75, 3.05) is 0 Å². The Morgan fingerprint density at radius 2 is 1.81 bits per heavy atom. The summed E-state index contributed by atoms with van der Waals surface area (Å²) in [7, 11) is 0. The third kappa shape index (κ3) is 4.11. The highest BCUT2D eigenvalue weighted by molar-refractivity contribution is 5.70. The standard InChI is InChI=1S/C21H21N5O/c1-15(2)12-21-23-20(25-27-21)14-26-11-8-19(24-26)18-5-3-4-17(13-18)16-6-9-22-10-7-16/h3-11,13,15H,12,14H2,1-2H3. The number of rotatable bonds is 6. The van der Waals surface area contributed by atoms with E-state index in [2.05, 4.69) is 52.3 Å². The summed E-state index contributed by atoms with van der Waals surface area (Å²) in [6.45, 7) is 4.75. The number of nitrogens with zero attached hydrogens (tertiary/aromatic N) is 5. The molecule has 6 nitrogen and oxygen atoms in total. The molecule has 0 radical (unpaired) electrons. The third-order valence-corrected chi connectivity index (χ3v) is 4.21. The number of aromatic nitrogens is 5. The minimum Gasteiger partial charge on any atom is -0.339 e. The molecule has 0 saturated heterocycles. The predicted molar refractivity (Wildman–Crippen MR) is 103 cm³/mol. The zero-order chi connectivity index (χ0) is 18.6. The highest BCUT2D eigenvalue weighted by atomic mass is 16.5. The second-order valence-corrected chi connectivity index (χ2v) is 6.92. The minimum atomic E-state index is 0.488. The molecule has 0 atom stereocenters. The molecule has 0 unspecified atom stereocenters. The zero-order valence-corrected chi connectivity index (χ0v) is 15.4. The van der Waals surface area contributed by atoms with Crippen LogP contribution in [0.25, 0.3) is 22.4 Å². The van der Waals surface area contributed by atoms with E-state index in [0.29, 0.717) is 24.2 Å². The summed E-state index contributed by atoms with van der Waals surface area (Å²) < 4.78 is 7.13. The molecule has 4 rings (SSSR count). The van der Waals surface area contributed by atoms with Crippen LogP contribution in [-0.4, -0.2) is 24.9 Å². The maximum atomic E-state index is 5.30. The van der Waals surface area contributed by atoms with E-state index in [9.17, 15) is 0 Å². The van der Waals surface area contributed by atoms with Crippen LogP contribution in [-0.2, 0) is 13.0 Å². The Labute approximate surface area is 157 Å². The zero-order valence-electron chi connectivity index (χ0n) is 15.4. The van der Waals surface area contributed by atoms with Crippen molar-refractivity contribution in [1.29, 1.82) is 0 Å². The van der Waals surface area contributed by atoms with Gasteiger partial charge in [-0.2, -0.15) is 10.1 Å². The summed E-state index contributed by atoms with van der Waals surface area (Å²) in [5.41, 5.74) is 4.25. The van der Waals surface area contributed by atoms with Crippen LogP contribution in [0.15, 0.2) is 65.6 Å². The first-order chi connectivity index (χ1) is 13.2. The van der Waals surface area contributed by atoms with Crippen molar-refractivity contribution in [3.63, 3.8) is 0 Å². The summed E-state index contributed by atoms with van der Waals surface area (Å²) in [6, 6.07) is 14.3. The van der Waals surface area contributed by atoms with Crippen LogP contribution in [0.2, 0.25) is 0 Å². The fourth-order valence-corrected chi connectivity index (χ4v) is 2.94. The molecule has 3 heterocycles. The van der Waals surface area contributed by atoms with Crippen molar-refractivity contribution >= 4 is 0 Å². The smallest absolute Gasteiger partial charge is 0.226 e. The van der Waals surface area contributed by atoms with E-state index in [1.165, 1.54) is 0 Å². The Morgan fingerprint density at radius 1 is 1.00 bits per heavy atom. The molecule has 136 valence electrons. The normalized spacial score (nSPS) is 11.2.